The molecule has 0 unspecified atom stereocenters. The van der Waals surface area contributed by atoms with Gasteiger partial charge in [-0.25, -0.2) is 4.18 Å². The van der Waals surface area contributed by atoms with Crippen LogP contribution >= 0.6 is 0 Å². The van der Waals surface area contributed by atoms with E-state index in [0.29, 0.717) is 41.9 Å². The van der Waals surface area contributed by atoms with Crippen molar-refractivity contribution in [2.75, 3.05) is 0 Å². The van der Waals surface area contributed by atoms with Gasteiger partial charge in [0.25, 0.3) is 0 Å². The Morgan fingerprint density at radius 2 is 1.85 bits per heavy atom. The van der Waals surface area contributed by atoms with Gasteiger partial charge in [0.15, 0.2) is 0 Å². The number of rotatable bonds is 6. The van der Waals surface area contributed by atoms with Gasteiger partial charge in [-0.1, -0.05) is 39.3 Å². The van der Waals surface area contributed by atoms with Gasteiger partial charge in [-0.05, 0) is 119 Å². The molecule has 0 heterocycles. The Labute approximate surface area is 202 Å². The Balaban J connectivity index is 1.77. The van der Waals surface area contributed by atoms with Crippen LogP contribution in [0.1, 0.15) is 112 Å². The standard InChI is InChI=1S/C27H48O5S/c1-19(12-15-25(3,4)28)24-11-10-21-8-7-9-22-18-23(32-33(29,30)31)14-17-26(22,5)20(2)13-16-27(21,24)6/h9,19-21,23-24,28H,7-8,10-18H2,1-6H3,(H,29,30,31)/b22-9-/t19-,20-,21-,23+,24-,26-,27+/m1/s1. The summed E-state index contributed by atoms with van der Waals surface area (Å²) in [5, 5.41) is 10.2. The van der Waals surface area contributed by atoms with Crippen molar-refractivity contribution in [2.24, 2.45) is 34.5 Å². The molecule has 5 nitrogen and oxygen atoms in total. The van der Waals surface area contributed by atoms with Crippen molar-refractivity contribution in [1.82, 2.24) is 0 Å². The fraction of sp³-hybridized carbons (Fsp3) is 0.926. The fourth-order valence-electron chi connectivity index (χ4n) is 7.56. The molecule has 2 saturated carbocycles. The molecule has 0 saturated heterocycles. The second kappa shape index (κ2) is 9.91. The molecule has 0 aromatic carbocycles. The van der Waals surface area contributed by atoms with Gasteiger partial charge >= 0.3 is 10.4 Å². The highest BCUT2D eigenvalue weighted by Gasteiger charge is 2.49. The average molecular weight is 485 g/mol. The average Bonchev–Trinajstić information content (AvgIpc) is 3.01. The van der Waals surface area contributed by atoms with Crippen LogP contribution in [0.15, 0.2) is 11.6 Å². The highest BCUT2D eigenvalue weighted by atomic mass is 32.3. The number of fused-ring (bicyclic) bond motifs is 2. The lowest BCUT2D eigenvalue weighted by molar-refractivity contribution is 0.0378. The van der Waals surface area contributed by atoms with Crippen LogP contribution in [0.5, 0.6) is 0 Å². The topological polar surface area (TPSA) is 83.8 Å². The molecule has 7 atom stereocenters. The molecule has 0 aliphatic heterocycles. The van der Waals surface area contributed by atoms with E-state index < -0.39 is 22.1 Å². The van der Waals surface area contributed by atoms with Gasteiger partial charge in [0.1, 0.15) is 0 Å². The van der Waals surface area contributed by atoms with Gasteiger partial charge in [0, 0.05) is 0 Å². The maximum absolute atomic E-state index is 11.3. The van der Waals surface area contributed by atoms with Gasteiger partial charge in [-0.3, -0.25) is 4.55 Å². The minimum atomic E-state index is -4.42. The summed E-state index contributed by atoms with van der Waals surface area (Å²) in [5.41, 5.74) is 1.14. The molecule has 0 spiro atoms. The largest absolute Gasteiger partial charge is 0.397 e. The molecular weight excluding hydrogens is 436 g/mol. The zero-order chi connectivity index (χ0) is 24.7. The third kappa shape index (κ3) is 6.42. The zero-order valence-electron chi connectivity index (χ0n) is 21.8. The van der Waals surface area contributed by atoms with E-state index in [1.165, 1.54) is 37.7 Å². The second-order valence-corrected chi connectivity index (χ2v) is 13.8. The normalized spacial score (nSPS) is 40.9. The molecule has 0 amide bonds. The first-order valence-corrected chi connectivity index (χ1v) is 14.6. The van der Waals surface area contributed by atoms with Gasteiger partial charge < -0.3 is 5.11 Å². The van der Waals surface area contributed by atoms with Crippen LogP contribution in [-0.2, 0) is 14.6 Å². The van der Waals surface area contributed by atoms with E-state index in [4.69, 9.17) is 8.74 Å². The predicted molar refractivity (Wildman–Crippen MR) is 133 cm³/mol. The number of aliphatic hydroxyl groups is 1. The van der Waals surface area contributed by atoms with Gasteiger partial charge in [0.2, 0.25) is 0 Å². The fourth-order valence-corrected chi connectivity index (χ4v) is 8.07. The van der Waals surface area contributed by atoms with Crippen molar-refractivity contribution in [1.29, 1.82) is 0 Å². The van der Waals surface area contributed by atoms with E-state index in [2.05, 4.69) is 33.8 Å². The molecule has 0 aromatic rings. The molecular formula is C27H48O5S. The summed E-state index contributed by atoms with van der Waals surface area (Å²) in [6.45, 7) is 13.5. The van der Waals surface area contributed by atoms with E-state index in [-0.39, 0.29) is 5.41 Å². The molecule has 2 fully saturated rings. The van der Waals surface area contributed by atoms with Crippen LogP contribution in [-0.4, -0.2) is 29.8 Å². The van der Waals surface area contributed by atoms with E-state index in [0.717, 1.165) is 25.7 Å². The maximum Gasteiger partial charge on any atom is 0.397 e. The van der Waals surface area contributed by atoms with Crippen molar-refractivity contribution in [2.45, 2.75) is 124 Å². The Hall–Kier alpha value is -0.430. The summed E-state index contributed by atoms with van der Waals surface area (Å²) >= 11 is 0. The molecule has 6 heteroatoms. The van der Waals surface area contributed by atoms with Crippen LogP contribution < -0.4 is 0 Å². The first-order valence-electron chi connectivity index (χ1n) is 13.2. The zero-order valence-corrected chi connectivity index (χ0v) is 22.6. The van der Waals surface area contributed by atoms with Gasteiger partial charge in [-0.2, -0.15) is 8.42 Å². The summed E-state index contributed by atoms with van der Waals surface area (Å²) < 4.78 is 36.7. The van der Waals surface area contributed by atoms with Crippen LogP contribution in [0.25, 0.3) is 0 Å². The lowest BCUT2D eigenvalue weighted by atomic mass is 9.58. The lowest BCUT2D eigenvalue weighted by Crippen LogP contribution is -2.39. The van der Waals surface area contributed by atoms with E-state index in [1.807, 2.05) is 13.8 Å². The Morgan fingerprint density at radius 1 is 1.15 bits per heavy atom. The van der Waals surface area contributed by atoms with Crippen LogP contribution in [0.3, 0.4) is 0 Å². The van der Waals surface area contributed by atoms with Crippen LogP contribution in [0.4, 0.5) is 0 Å². The van der Waals surface area contributed by atoms with E-state index >= 15 is 0 Å². The SMILES string of the molecule is C[C@H](CCC(C)(C)O)[C@H]1CC[C@H]2CC/C=C3/C[C@@H](OS(=O)(=O)O)CC[C@]3(C)[C@H](C)CC[C@@]21C. The summed E-state index contributed by atoms with van der Waals surface area (Å²) in [5.74, 6) is 2.57. The Bertz CT molecular complexity index is 813. The van der Waals surface area contributed by atoms with Crippen molar-refractivity contribution < 1.29 is 22.3 Å². The Kier molecular flexibility index (Phi) is 8.15. The molecule has 0 radical (unpaired) electrons. The van der Waals surface area contributed by atoms with Gasteiger partial charge in [-0.15, -0.1) is 0 Å². The first-order chi connectivity index (χ1) is 15.1. The van der Waals surface area contributed by atoms with Gasteiger partial charge in [0.05, 0.1) is 11.7 Å². The van der Waals surface area contributed by atoms with Crippen molar-refractivity contribution in [3.05, 3.63) is 11.6 Å². The first kappa shape index (κ1) is 27.2. The molecule has 192 valence electrons. The van der Waals surface area contributed by atoms with E-state index in [9.17, 15) is 13.5 Å². The smallest absolute Gasteiger partial charge is 0.390 e. The quantitative estimate of drug-likeness (QED) is 0.323. The van der Waals surface area contributed by atoms with Crippen molar-refractivity contribution in [3.63, 3.8) is 0 Å². The maximum atomic E-state index is 11.3. The minimum Gasteiger partial charge on any atom is -0.390 e. The number of hydrogen-bond acceptors (Lipinski definition) is 4. The molecule has 3 rings (SSSR count). The molecule has 3 aliphatic carbocycles. The molecule has 0 bridgehead atoms. The number of hydrogen-bond donors (Lipinski definition) is 2. The third-order valence-electron chi connectivity index (χ3n) is 10.0. The highest BCUT2D eigenvalue weighted by Crippen LogP contribution is 2.58. The van der Waals surface area contributed by atoms with Crippen LogP contribution in [0.2, 0.25) is 0 Å². The third-order valence-corrected chi connectivity index (χ3v) is 10.6. The molecule has 33 heavy (non-hydrogen) atoms. The molecule has 0 aromatic heterocycles. The molecule has 2 N–H and O–H groups in total. The highest BCUT2D eigenvalue weighted by molar-refractivity contribution is 7.80. The minimum absolute atomic E-state index is 0.0584. The Morgan fingerprint density at radius 3 is 2.48 bits per heavy atom. The number of allylic oxidation sites excluding steroid dienone is 1. The summed E-state index contributed by atoms with van der Waals surface area (Å²) in [6.07, 6.45) is 13.2. The predicted octanol–water partition coefficient (Wildman–Crippen LogP) is 6.72. The van der Waals surface area contributed by atoms with Crippen molar-refractivity contribution >= 4 is 10.4 Å². The van der Waals surface area contributed by atoms with E-state index in [1.54, 1.807) is 0 Å². The van der Waals surface area contributed by atoms with Crippen molar-refractivity contribution in [3.8, 4) is 0 Å². The summed E-state index contributed by atoms with van der Waals surface area (Å²) in [4.78, 5) is 0. The second-order valence-electron chi connectivity index (χ2n) is 12.8. The monoisotopic (exact) mass is 484 g/mol. The lowest BCUT2D eigenvalue weighted by Gasteiger charge is -2.47. The summed E-state index contributed by atoms with van der Waals surface area (Å²) in [6, 6.07) is 0. The molecule has 3 aliphatic rings. The summed E-state index contributed by atoms with van der Waals surface area (Å²) in [7, 11) is -4.42. The van der Waals surface area contributed by atoms with Crippen LogP contribution in [0, 0.1) is 34.5 Å².